The number of hydrogen-bond acceptors (Lipinski definition) is 5. The fourth-order valence-corrected chi connectivity index (χ4v) is 5.14. The Balaban J connectivity index is 1.66. The Morgan fingerprint density at radius 3 is 2.58 bits per heavy atom. The summed E-state index contributed by atoms with van der Waals surface area (Å²) in [4.78, 5) is 39.2. The van der Waals surface area contributed by atoms with E-state index in [1.165, 1.54) is 0 Å². The molecular formula is C28H37N3O5. The second kappa shape index (κ2) is 10.4. The molecule has 0 aliphatic carbocycles. The van der Waals surface area contributed by atoms with Crippen molar-refractivity contribution in [2.24, 2.45) is 5.41 Å². The maximum atomic E-state index is 12.9. The summed E-state index contributed by atoms with van der Waals surface area (Å²) in [5.41, 5.74) is 2.48. The molecule has 8 heteroatoms. The molecule has 1 atom stereocenters. The van der Waals surface area contributed by atoms with Crippen molar-refractivity contribution in [3.8, 4) is 22.8 Å². The van der Waals surface area contributed by atoms with E-state index in [4.69, 9.17) is 9.47 Å². The van der Waals surface area contributed by atoms with Crippen LogP contribution in [0.2, 0.25) is 0 Å². The van der Waals surface area contributed by atoms with Gasteiger partial charge in [-0.3, -0.25) is 14.4 Å². The number of nitrogens with one attached hydrogen (secondary N) is 1. The summed E-state index contributed by atoms with van der Waals surface area (Å²) >= 11 is 0. The number of amides is 2. The van der Waals surface area contributed by atoms with Gasteiger partial charge in [0.25, 0.3) is 5.91 Å². The van der Waals surface area contributed by atoms with Crippen LogP contribution in [0.4, 0.5) is 0 Å². The van der Waals surface area contributed by atoms with Crippen molar-refractivity contribution in [2.75, 3.05) is 33.4 Å². The highest BCUT2D eigenvalue weighted by molar-refractivity contribution is 5.94. The summed E-state index contributed by atoms with van der Waals surface area (Å²) in [5, 5.41) is 2.74. The van der Waals surface area contributed by atoms with Gasteiger partial charge in [0, 0.05) is 49.9 Å². The molecule has 3 heterocycles. The van der Waals surface area contributed by atoms with Gasteiger partial charge in [0.1, 0.15) is 5.56 Å². The fourth-order valence-electron chi connectivity index (χ4n) is 5.14. The lowest BCUT2D eigenvalue weighted by molar-refractivity contribution is -0.127. The second-order valence-corrected chi connectivity index (χ2v) is 10.6. The molecular weight excluding hydrogens is 458 g/mol. The monoisotopic (exact) mass is 495 g/mol. The molecule has 1 fully saturated rings. The van der Waals surface area contributed by atoms with Gasteiger partial charge in [-0.15, -0.1) is 0 Å². The van der Waals surface area contributed by atoms with Gasteiger partial charge in [-0.25, -0.2) is 0 Å². The number of pyridine rings is 1. The van der Waals surface area contributed by atoms with E-state index in [9.17, 15) is 14.4 Å². The van der Waals surface area contributed by atoms with Crippen LogP contribution >= 0.6 is 0 Å². The topological polar surface area (TPSA) is 89.9 Å². The van der Waals surface area contributed by atoms with Gasteiger partial charge in [-0.2, -0.15) is 0 Å². The van der Waals surface area contributed by atoms with Crippen LogP contribution in [-0.2, 0) is 11.2 Å². The third kappa shape index (κ3) is 5.13. The number of ether oxygens (including phenoxy) is 2. The number of nitrogens with zero attached hydrogens (tertiary/aromatic N) is 2. The van der Waals surface area contributed by atoms with Crippen molar-refractivity contribution >= 4 is 11.8 Å². The Morgan fingerprint density at radius 2 is 1.94 bits per heavy atom. The van der Waals surface area contributed by atoms with Gasteiger partial charge in [-0.05, 0) is 49.3 Å². The van der Waals surface area contributed by atoms with Crippen LogP contribution in [0.15, 0.2) is 29.2 Å². The molecule has 2 aliphatic rings. The number of carbonyl (C=O) groups is 2. The molecule has 2 amide bonds. The number of aromatic nitrogens is 1. The summed E-state index contributed by atoms with van der Waals surface area (Å²) in [7, 11) is 1.60. The molecule has 36 heavy (non-hydrogen) atoms. The number of carbonyl (C=O) groups excluding carboxylic acids is 2. The SMILES string of the molecule is CCNC(=O)c1cn2c(cc1=O)-c1cc(OC)c(OCCCN3CCCC3=O)cc1CC2C(C)(C)C. The molecule has 0 spiro atoms. The lowest BCUT2D eigenvalue weighted by Gasteiger charge is -2.39. The van der Waals surface area contributed by atoms with Crippen molar-refractivity contribution in [1.82, 2.24) is 14.8 Å². The average molecular weight is 496 g/mol. The highest BCUT2D eigenvalue weighted by atomic mass is 16.5. The van der Waals surface area contributed by atoms with Gasteiger partial charge >= 0.3 is 0 Å². The molecule has 1 aromatic carbocycles. The van der Waals surface area contributed by atoms with E-state index in [0.717, 1.165) is 42.6 Å². The third-order valence-electron chi connectivity index (χ3n) is 7.08. The molecule has 2 aliphatic heterocycles. The maximum Gasteiger partial charge on any atom is 0.256 e. The van der Waals surface area contributed by atoms with Crippen molar-refractivity contribution in [1.29, 1.82) is 0 Å². The Kier molecular flexibility index (Phi) is 7.43. The minimum absolute atomic E-state index is 0.0381. The van der Waals surface area contributed by atoms with Gasteiger partial charge in [0.15, 0.2) is 16.9 Å². The molecule has 1 N–H and O–H groups in total. The molecule has 4 rings (SSSR count). The molecule has 1 aromatic heterocycles. The zero-order valence-electron chi connectivity index (χ0n) is 22.0. The maximum absolute atomic E-state index is 12.9. The lowest BCUT2D eigenvalue weighted by atomic mass is 9.78. The molecule has 0 radical (unpaired) electrons. The number of likely N-dealkylation sites (tertiary alicyclic amines) is 1. The minimum atomic E-state index is -0.354. The predicted octanol–water partition coefficient (Wildman–Crippen LogP) is 3.81. The van der Waals surface area contributed by atoms with E-state index in [0.29, 0.717) is 37.6 Å². The molecule has 0 bridgehead atoms. The first-order chi connectivity index (χ1) is 17.1. The van der Waals surface area contributed by atoms with Crippen LogP contribution in [0, 0.1) is 5.41 Å². The van der Waals surface area contributed by atoms with E-state index in [1.807, 2.05) is 24.0 Å². The molecule has 0 saturated carbocycles. The van der Waals surface area contributed by atoms with Crippen molar-refractivity contribution in [2.45, 2.75) is 59.4 Å². The first-order valence-corrected chi connectivity index (χ1v) is 12.8. The molecule has 1 saturated heterocycles. The van der Waals surface area contributed by atoms with Crippen LogP contribution in [0.1, 0.15) is 68.9 Å². The molecule has 194 valence electrons. The average Bonchev–Trinajstić information content (AvgIpc) is 3.24. The van der Waals surface area contributed by atoms with Crippen LogP contribution < -0.4 is 20.2 Å². The molecule has 8 nitrogen and oxygen atoms in total. The zero-order chi connectivity index (χ0) is 26.0. The van der Waals surface area contributed by atoms with Crippen molar-refractivity contribution < 1.29 is 19.1 Å². The van der Waals surface area contributed by atoms with E-state index in [2.05, 4.69) is 30.7 Å². The first kappa shape index (κ1) is 25.8. The zero-order valence-corrected chi connectivity index (χ0v) is 22.0. The molecule has 1 unspecified atom stereocenters. The Morgan fingerprint density at radius 1 is 1.17 bits per heavy atom. The number of fused-ring (bicyclic) bond motifs is 3. The largest absolute Gasteiger partial charge is 0.493 e. The number of methoxy groups -OCH3 is 1. The van der Waals surface area contributed by atoms with Gasteiger partial charge < -0.3 is 24.3 Å². The Hall–Kier alpha value is -3.29. The number of benzene rings is 1. The second-order valence-electron chi connectivity index (χ2n) is 10.6. The van der Waals surface area contributed by atoms with E-state index >= 15 is 0 Å². The van der Waals surface area contributed by atoms with Crippen LogP contribution in [0.5, 0.6) is 11.5 Å². The lowest BCUT2D eigenvalue weighted by Crippen LogP contribution is -2.35. The predicted molar refractivity (Wildman–Crippen MR) is 139 cm³/mol. The summed E-state index contributed by atoms with van der Waals surface area (Å²) in [6, 6.07) is 5.54. The third-order valence-corrected chi connectivity index (χ3v) is 7.08. The Labute approximate surface area is 212 Å². The Bertz CT molecular complexity index is 1210. The normalized spacial score (nSPS) is 17.0. The van der Waals surface area contributed by atoms with Crippen LogP contribution in [0.25, 0.3) is 11.3 Å². The molecule has 2 aromatic rings. The van der Waals surface area contributed by atoms with E-state index < -0.39 is 0 Å². The summed E-state index contributed by atoms with van der Waals surface area (Å²) in [6.45, 7) is 10.8. The quantitative estimate of drug-likeness (QED) is 0.563. The standard InChI is InChI=1S/C28H37N3O5/c1-6-29-27(34)20-17-31-21(16-22(20)32)19-15-23(35-5)24(13-18(19)14-25(31)28(2,3)4)36-12-8-11-30-10-7-9-26(30)33/h13,15-17,25H,6-12,14H2,1-5H3,(H,29,34). The van der Waals surface area contributed by atoms with Gasteiger partial charge in [-0.1, -0.05) is 20.8 Å². The van der Waals surface area contributed by atoms with Gasteiger partial charge in [0.05, 0.1) is 19.4 Å². The van der Waals surface area contributed by atoms with Crippen molar-refractivity contribution in [3.05, 3.63) is 45.7 Å². The van der Waals surface area contributed by atoms with Crippen LogP contribution in [-0.4, -0.2) is 54.6 Å². The minimum Gasteiger partial charge on any atom is -0.493 e. The highest BCUT2D eigenvalue weighted by Gasteiger charge is 2.34. The van der Waals surface area contributed by atoms with Crippen molar-refractivity contribution in [3.63, 3.8) is 0 Å². The number of hydrogen-bond donors (Lipinski definition) is 1. The van der Waals surface area contributed by atoms with Gasteiger partial charge in [0.2, 0.25) is 5.91 Å². The fraction of sp³-hybridized carbons (Fsp3) is 0.536. The van der Waals surface area contributed by atoms with E-state index in [1.54, 1.807) is 19.4 Å². The first-order valence-electron chi connectivity index (χ1n) is 12.8. The van der Waals surface area contributed by atoms with E-state index in [-0.39, 0.29) is 34.3 Å². The summed E-state index contributed by atoms with van der Waals surface area (Å²) in [6.07, 6.45) is 4.76. The highest BCUT2D eigenvalue weighted by Crippen LogP contribution is 2.45. The van der Waals surface area contributed by atoms with Crippen LogP contribution in [0.3, 0.4) is 0 Å². The number of rotatable bonds is 8. The summed E-state index contributed by atoms with van der Waals surface area (Å²) < 4.78 is 13.8. The summed E-state index contributed by atoms with van der Waals surface area (Å²) in [5.74, 6) is 1.12. The smallest absolute Gasteiger partial charge is 0.256 e.